The highest BCUT2D eigenvalue weighted by Crippen LogP contribution is 2.31. The minimum Gasteiger partial charge on any atom is -0.292 e. The van der Waals surface area contributed by atoms with E-state index >= 15 is 0 Å². The molecule has 2 aromatic carbocycles. The van der Waals surface area contributed by atoms with Crippen molar-refractivity contribution in [3.8, 4) is 0 Å². The molecule has 0 aliphatic heterocycles. The first-order chi connectivity index (χ1) is 8.95. The Balaban J connectivity index is 2.11. The Kier molecular flexibility index (Phi) is 2.75. The van der Waals surface area contributed by atoms with E-state index in [2.05, 4.69) is 15.4 Å². The average molecular weight is 236 g/mol. The molecule has 0 saturated carbocycles. The van der Waals surface area contributed by atoms with Crippen LogP contribution in [0.25, 0.3) is 0 Å². The molecular formula is C14H12N4. The maximum absolute atomic E-state index is 4.16. The average Bonchev–Trinajstić information content (AvgIpc) is 2.95. The predicted molar refractivity (Wildman–Crippen MR) is 71.1 cm³/mol. The third-order valence-electron chi connectivity index (χ3n) is 2.66. The van der Waals surface area contributed by atoms with Crippen molar-refractivity contribution >= 4 is 17.2 Å². The summed E-state index contributed by atoms with van der Waals surface area (Å²) < 4.78 is 0. The molecule has 3 aromatic rings. The van der Waals surface area contributed by atoms with Crippen molar-refractivity contribution in [3.63, 3.8) is 0 Å². The molecule has 3 rings (SSSR count). The molecule has 1 N–H and O–H groups in total. The van der Waals surface area contributed by atoms with Crippen LogP contribution in [0, 0.1) is 0 Å². The number of aromatic nitrogens is 3. The number of aromatic amines is 1. The van der Waals surface area contributed by atoms with E-state index in [0.717, 1.165) is 17.2 Å². The Bertz CT molecular complexity index is 551. The number of anilines is 3. The van der Waals surface area contributed by atoms with E-state index in [0.29, 0.717) is 0 Å². The van der Waals surface area contributed by atoms with Crippen molar-refractivity contribution in [2.75, 3.05) is 4.90 Å². The molecule has 0 saturated heterocycles. The molecule has 4 heteroatoms. The van der Waals surface area contributed by atoms with Gasteiger partial charge >= 0.3 is 0 Å². The van der Waals surface area contributed by atoms with Gasteiger partial charge in [-0.15, -0.1) is 5.10 Å². The molecule has 0 radical (unpaired) electrons. The van der Waals surface area contributed by atoms with E-state index in [-0.39, 0.29) is 0 Å². The second-order valence-electron chi connectivity index (χ2n) is 3.83. The van der Waals surface area contributed by atoms with Gasteiger partial charge in [-0.05, 0) is 24.3 Å². The number of benzene rings is 2. The molecular weight excluding hydrogens is 224 g/mol. The summed E-state index contributed by atoms with van der Waals surface area (Å²) in [6, 6.07) is 20.2. The van der Waals surface area contributed by atoms with E-state index in [9.17, 15) is 0 Å². The fraction of sp³-hybridized carbons (Fsp3) is 0. The van der Waals surface area contributed by atoms with Gasteiger partial charge in [0.25, 0.3) is 0 Å². The number of H-pyrrole nitrogens is 1. The summed E-state index contributed by atoms with van der Waals surface area (Å²) in [5.41, 5.74) is 2.11. The fourth-order valence-corrected chi connectivity index (χ4v) is 1.87. The third kappa shape index (κ3) is 1.96. The van der Waals surface area contributed by atoms with Crippen molar-refractivity contribution in [2.45, 2.75) is 0 Å². The number of para-hydroxylation sites is 2. The van der Waals surface area contributed by atoms with Gasteiger partial charge in [0.05, 0.1) is 6.20 Å². The molecule has 0 spiro atoms. The van der Waals surface area contributed by atoms with Gasteiger partial charge in [-0.1, -0.05) is 36.4 Å². The van der Waals surface area contributed by atoms with Crippen LogP contribution in [0.5, 0.6) is 0 Å². The van der Waals surface area contributed by atoms with Crippen LogP contribution in [0.2, 0.25) is 0 Å². The monoisotopic (exact) mass is 236 g/mol. The highest BCUT2D eigenvalue weighted by atomic mass is 15.4. The van der Waals surface area contributed by atoms with Crippen molar-refractivity contribution in [2.24, 2.45) is 0 Å². The molecule has 0 bridgehead atoms. The molecule has 88 valence electrons. The lowest BCUT2D eigenvalue weighted by Crippen LogP contribution is -2.09. The molecule has 1 aromatic heterocycles. The summed E-state index contributed by atoms with van der Waals surface area (Å²) >= 11 is 0. The zero-order valence-electron chi connectivity index (χ0n) is 9.69. The highest BCUT2D eigenvalue weighted by molar-refractivity contribution is 5.73. The summed E-state index contributed by atoms with van der Waals surface area (Å²) in [7, 11) is 0. The van der Waals surface area contributed by atoms with E-state index in [1.54, 1.807) is 6.20 Å². The predicted octanol–water partition coefficient (Wildman–Crippen LogP) is 3.27. The van der Waals surface area contributed by atoms with Crippen LogP contribution in [-0.4, -0.2) is 15.4 Å². The van der Waals surface area contributed by atoms with E-state index in [1.807, 2.05) is 65.6 Å². The minimum atomic E-state index is 0.771. The third-order valence-corrected chi connectivity index (χ3v) is 2.66. The van der Waals surface area contributed by atoms with Crippen LogP contribution in [0.3, 0.4) is 0 Å². The SMILES string of the molecule is c1ccc(N(c2ccccc2)c2cn[nH]n2)cc1. The lowest BCUT2D eigenvalue weighted by molar-refractivity contribution is 0.936. The smallest absolute Gasteiger partial charge is 0.179 e. The van der Waals surface area contributed by atoms with Crippen LogP contribution < -0.4 is 4.90 Å². The van der Waals surface area contributed by atoms with Crippen LogP contribution in [0.15, 0.2) is 66.9 Å². The first-order valence-electron chi connectivity index (χ1n) is 5.71. The van der Waals surface area contributed by atoms with Crippen molar-refractivity contribution < 1.29 is 0 Å². The van der Waals surface area contributed by atoms with Crippen molar-refractivity contribution in [1.29, 1.82) is 0 Å². The van der Waals surface area contributed by atoms with Crippen molar-refractivity contribution in [1.82, 2.24) is 15.4 Å². The largest absolute Gasteiger partial charge is 0.292 e. The normalized spacial score (nSPS) is 10.2. The topological polar surface area (TPSA) is 44.8 Å². The summed E-state index contributed by atoms with van der Waals surface area (Å²) in [5, 5.41) is 10.7. The Morgan fingerprint density at radius 3 is 1.78 bits per heavy atom. The summed E-state index contributed by atoms with van der Waals surface area (Å²) in [6.07, 6.45) is 1.71. The van der Waals surface area contributed by atoms with Gasteiger partial charge in [-0.2, -0.15) is 10.3 Å². The lowest BCUT2D eigenvalue weighted by Gasteiger charge is -2.21. The molecule has 0 aliphatic carbocycles. The lowest BCUT2D eigenvalue weighted by atomic mass is 10.2. The second-order valence-corrected chi connectivity index (χ2v) is 3.83. The van der Waals surface area contributed by atoms with Crippen molar-refractivity contribution in [3.05, 3.63) is 66.9 Å². The van der Waals surface area contributed by atoms with Gasteiger partial charge in [0.2, 0.25) is 0 Å². The van der Waals surface area contributed by atoms with E-state index < -0.39 is 0 Å². The van der Waals surface area contributed by atoms with E-state index in [4.69, 9.17) is 0 Å². The van der Waals surface area contributed by atoms with Crippen LogP contribution in [-0.2, 0) is 0 Å². The minimum absolute atomic E-state index is 0.771. The highest BCUT2D eigenvalue weighted by Gasteiger charge is 2.13. The Hall–Kier alpha value is -2.62. The molecule has 0 unspecified atom stereocenters. The second kappa shape index (κ2) is 4.71. The standard InChI is InChI=1S/C14H12N4/c1-3-7-12(8-4-1)18(14-11-15-17-16-14)13-9-5-2-6-10-13/h1-11H,(H,15,16,17). The van der Waals surface area contributed by atoms with Gasteiger partial charge in [0.15, 0.2) is 5.82 Å². The number of rotatable bonds is 3. The summed E-state index contributed by atoms with van der Waals surface area (Å²) in [4.78, 5) is 2.05. The Labute approximate surface area is 105 Å². The summed E-state index contributed by atoms with van der Waals surface area (Å²) in [5.74, 6) is 0.771. The quantitative estimate of drug-likeness (QED) is 0.759. The number of hydrogen-bond acceptors (Lipinski definition) is 3. The molecule has 18 heavy (non-hydrogen) atoms. The fourth-order valence-electron chi connectivity index (χ4n) is 1.87. The van der Waals surface area contributed by atoms with E-state index in [1.165, 1.54) is 0 Å². The van der Waals surface area contributed by atoms with Gasteiger partial charge in [0.1, 0.15) is 0 Å². The first-order valence-corrected chi connectivity index (χ1v) is 5.71. The van der Waals surface area contributed by atoms with Crippen LogP contribution in [0.4, 0.5) is 17.2 Å². The maximum atomic E-state index is 4.16. The zero-order valence-corrected chi connectivity index (χ0v) is 9.69. The summed E-state index contributed by atoms with van der Waals surface area (Å²) in [6.45, 7) is 0. The van der Waals surface area contributed by atoms with Gasteiger partial charge in [-0.3, -0.25) is 4.90 Å². The zero-order chi connectivity index (χ0) is 12.2. The maximum Gasteiger partial charge on any atom is 0.179 e. The number of hydrogen-bond donors (Lipinski definition) is 1. The Morgan fingerprint density at radius 1 is 0.778 bits per heavy atom. The number of nitrogens with one attached hydrogen (secondary N) is 1. The van der Waals surface area contributed by atoms with Crippen LogP contribution >= 0.6 is 0 Å². The molecule has 0 atom stereocenters. The number of nitrogens with zero attached hydrogens (tertiary/aromatic N) is 3. The molecule has 0 aliphatic rings. The van der Waals surface area contributed by atoms with Crippen LogP contribution in [0.1, 0.15) is 0 Å². The van der Waals surface area contributed by atoms with Gasteiger partial charge < -0.3 is 0 Å². The molecule has 0 fully saturated rings. The van der Waals surface area contributed by atoms with Gasteiger partial charge in [0, 0.05) is 11.4 Å². The molecule has 4 nitrogen and oxygen atoms in total. The first kappa shape index (κ1) is 10.5. The molecule has 0 amide bonds. The van der Waals surface area contributed by atoms with Gasteiger partial charge in [-0.25, -0.2) is 0 Å². The Morgan fingerprint density at radius 2 is 1.33 bits per heavy atom. The molecule has 1 heterocycles.